The van der Waals surface area contributed by atoms with E-state index >= 15 is 0 Å². The molecule has 0 fully saturated rings. The van der Waals surface area contributed by atoms with Gasteiger partial charge >= 0.3 is 18.9 Å². The van der Waals surface area contributed by atoms with E-state index in [2.05, 4.69) is 18.8 Å². The van der Waals surface area contributed by atoms with Gasteiger partial charge in [0.05, 0.1) is 0 Å². The zero-order valence-corrected chi connectivity index (χ0v) is 8.34. The topological polar surface area (TPSA) is 12.4 Å². The van der Waals surface area contributed by atoms with Crippen molar-refractivity contribution in [2.75, 3.05) is 6.54 Å². The summed E-state index contributed by atoms with van der Waals surface area (Å²) in [4.78, 5) is 4.24. The van der Waals surface area contributed by atoms with Crippen molar-refractivity contribution >= 4 is 25.1 Å². The van der Waals surface area contributed by atoms with E-state index in [0.29, 0.717) is 0 Å². The third-order valence-electron chi connectivity index (χ3n) is 1.61. The Hall–Kier alpha value is 0.00740. The molecule has 0 aromatic heterocycles. The number of allylic oxidation sites excluding steroid dienone is 2. The second kappa shape index (κ2) is 12.0. The number of nitrogens with zero attached hydrogens (tertiary/aromatic N) is 1. The van der Waals surface area contributed by atoms with Gasteiger partial charge in [-0.25, -0.2) is 0 Å². The van der Waals surface area contributed by atoms with Crippen LogP contribution in [0.5, 0.6) is 0 Å². The van der Waals surface area contributed by atoms with Gasteiger partial charge in [0.2, 0.25) is 0 Å². The Morgan fingerprint density at radius 3 is 2.54 bits per heavy atom. The van der Waals surface area contributed by atoms with Gasteiger partial charge in [-0.1, -0.05) is 31.8 Å². The molecule has 0 aliphatic rings. The van der Waals surface area contributed by atoms with Crippen LogP contribution in [0.25, 0.3) is 0 Å². The Balaban J connectivity index is 0. The van der Waals surface area contributed by atoms with Crippen LogP contribution in [0.4, 0.5) is 0 Å². The van der Waals surface area contributed by atoms with Gasteiger partial charge in [0.15, 0.2) is 0 Å². The van der Waals surface area contributed by atoms with Crippen LogP contribution in [0.1, 0.15) is 39.5 Å². The fourth-order valence-corrected chi connectivity index (χ4v) is 0.884. The van der Waals surface area contributed by atoms with Crippen LogP contribution in [-0.2, 0) is 0 Å². The summed E-state index contributed by atoms with van der Waals surface area (Å²) in [6.07, 6.45) is 8.95. The molecule has 0 saturated heterocycles. The maximum absolute atomic E-state index is 4.24. The Morgan fingerprint density at radius 1 is 1.31 bits per heavy atom. The molecule has 1 radical (unpaired) electrons. The van der Waals surface area contributed by atoms with Crippen molar-refractivity contribution < 1.29 is 0 Å². The van der Waals surface area contributed by atoms with Crippen molar-refractivity contribution in [3.05, 3.63) is 18.6 Å². The van der Waals surface area contributed by atoms with Gasteiger partial charge in [-0.2, -0.15) is 0 Å². The molecule has 0 aromatic carbocycles. The van der Waals surface area contributed by atoms with Gasteiger partial charge in [0, 0.05) is 12.8 Å². The second-order valence-electron chi connectivity index (χ2n) is 3.13. The van der Waals surface area contributed by atoms with Crippen molar-refractivity contribution in [3.8, 4) is 0 Å². The summed E-state index contributed by atoms with van der Waals surface area (Å²) in [7, 11) is 0. The summed E-state index contributed by atoms with van der Waals surface area (Å²) in [6.45, 7) is 8.91. The molecule has 0 aliphatic heterocycles. The van der Waals surface area contributed by atoms with Gasteiger partial charge in [0.25, 0.3) is 0 Å². The molecular formula is C11H21LiN. The molecule has 0 N–H and O–H groups in total. The van der Waals surface area contributed by atoms with Crippen LogP contribution >= 0.6 is 0 Å². The summed E-state index contributed by atoms with van der Waals surface area (Å²) in [5.41, 5.74) is 1.06. The Kier molecular flexibility index (Phi) is 14.3. The first-order valence-electron chi connectivity index (χ1n) is 4.76. The first kappa shape index (κ1) is 15.5. The predicted molar refractivity (Wildman–Crippen MR) is 63.8 cm³/mol. The molecule has 0 bridgehead atoms. The van der Waals surface area contributed by atoms with E-state index in [9.17, 15) is 0 Å². The molecule has 0 aromatic rings. The van der Waals surface area contributed by atoms with E-state index in [4.69, 9.17) is 0 Å². The summed E-state index contributed by atoms with van der Waals surface area (Å²) in [5.74, 6) is 0. The molecule has 0 atom stereocenters. The predicted octanol–water partition coefficient (Wildman–Crippen LogP) is 2.77. The molecule has 71 valence electrons. The SMILES string of the molecule is [CH2]C(C)=CC=NCCCCCC.[LiH]. The van der Waals surface area contributed by atoms with Crippen LogP contribution in [0.2, 0.25) is 0 Å². The van der Waals surface area contributed by atoms with E-state index in [1.165, 1.54) is 25.7 Å². The van der Waals surface area contributed by atoms with Gasteiger partial charge in [0.1, 0.15) is 0 Å². The van der Waals surface area contributed by atoms with E-state index in [1.54, 1.807) is 0 Å². The Labute approximate surface area is 94.9 Å². The minimum atomic E-state index is 0. The van der Waals surface area contributed by atoms with Gasteiger partial charge in [-0.3, -0.25) is 4.99 Å². The molecule has 0 saturated carbocycles. The monoisotopic (exact) mass is 174 g/mol. The molecule has 13 heavy (non-hydrogen) atoms. The fraction of sp³-hybridized carbons (Fsp3) is 0.636. The molecular weight excluding hydrogens is 153 g/mol. The first-order valence-corrected chi connectivity index (χ1v) is 4.76. The van der Waals surface area contributed by atoms with Crippen molar-refractivity contribution in [3.63, 3.8) is 0 Å². The zero-order chi connectivity index (χ0) is 9.23. The molecule has 0 amide bonds. The number of aliphatic imine (C=N–C) groups is 1. The first-order chi connectivity index (χ1) is 5.77. The summed E-state index contributed by atoms with van der Waals surface area (Å²) in [5, 5.41) is 0. The average molecular weight is 174 g/mol. The standard InChI is InChI=1S/C11H20N.Li.H/c1-4-5-6-7-9-12-10-8-11(2)3;;/h8,10H,2,4-7,9H2,1,3H3;;. The third-order valence-corrected chi connectivity index (χ3v) is 1.61. The molecule has 1 nitrogen and oxygen atoms in total. The van der Waals surface area contributed by atoms with Crippen molar-refractivity contribution in [2.24, 2.45) is 4.99 Å². The maximum atomic E-state index is 4.24. The number of rotatable bonds is 6. The average Bonchev–Trinajstić information content (AvgIpc) is 2.02. The number of unbranched alkanes of at least 4 members (excludes halogenated alkanes) is 3. The third kappa shape index (κ3) is 14.8. The van der Waals surface area contributed by atoms with Crippen LogP contribution in [0.15, 0.2) is 16.6 Å². The van der Waals surface area contributed by atoms with E-state index in [0.717, 1.165) is 12.1 Å². The molecule has 2 heteroatoms. The van der Waals surface area contributed by atoms with E-state index in [1.807, 2.05) is 19.2 Å². The number of hydrogen-bond acceptors (Lipinski definition) is 1. The van der Waals surface area contributed by atoms with E-state index in [-0.39, 0.29) is 18.9 Å². The van der Waals surface area contributed by atoms with Crippen LogP contribution < -0.4 is 0 Å². The van der Waals surface area contributed by atoms with Crippen molar-refractivity contribution in [2.45, 2.75) is 39.5 Å². The summed E-state index contributed by atoms with van der Waals surface area (Å²) >= 11 is 0. The number of hydrogen-bond donors (Lipinski definition) is 0. The van der Waals surface area contributed by atoms with Gasteiger partial charge in [-0.15, -0.1) is 0 Å². The molecule has 0 rings (SSSR count). The fourth-order valence-electron chi connectivity index (χ4n) is 0.884. The van der Waals surface area contributed by atoms with Crippen molar-refractivity contribution in [1.29, 1.82) is 0 Å². The second-order valence-corrected chi connectivity index (χ2v) is 3.13. The van der Waals surface area contributed by atoms with Crippen LogP contribution in [0.3, 0.4) is 0 Å². The summed E-state index contributed by atoms with van der Waals surface area (Å²) in [6, 6.07) is 0. The normalized spacial score (nSPS) is 11.8. The Morgan fingerprint density at radius 2 is 2.00 bits per heavy atom. The van der Waals surface area contributed by atoms with Crippen molar-refractivity contribution in [1.82, 2.24) is 0 Å². The zero-order valence-electron chi connectivity index (χ0n) is 8.34. The molecule has 0 heterocycles. The quantitative estimate of drug-likeness (QED) is 0.333. The minimum absolute atomic E-state index is 0. The van der Waals surface area contributed by atoms with E-state index < -0.39 is 0 Å². The van der Waals surface area contributed by atoms with Crippen LogP contribution in [-0.4, -0.2) is 31.6 Å². The molecule has 0 spiro atoms. The molecule has 0 aliphatic carbocycles. The van der Waals surface area contributed by atoms with Crippen LogP contribution in [0, 0.1) is 6.92 Å². The molecule has 0 unspecified atom stereocenters. The summed E-state index contributed by atoms with van der Waals surface area (Å²) < 4.78 is 0. The van der Waals surface area contributed by atoms with Gasteiger partial charge in [-0.05, 0) is 26.3 Å². The Bertz CT molecular complexity index is 146. The van der Waals surface area contributed by atoms with Gasteiger partial charge < -0.3 is 0 Å².